The highest BCUT2D eigenvalue weighted by atomic mass is 35.5. The molecule has 3 rings (SSSR count). The third-order valence-corrected chi connectivity index (χ3v) is 3.81. The van der Waals surface area contributed by atoms with Crippen LogP contribution in [0.1, 0.15) is 18.2 Å². The van der Waals surface area contributed by atoms with Crippen molar-refractivity contribution in [2.75, 3.05) is 0 Å². The minimum Gasteiger partial charge on any atom is -0.464 e. The zero-order valence-electron chi connectivity index (χ0n) is 10.9. The highest BCUT2D eigenvalue weighted by Gasteiger charge is 2.11. The van der Waals surface area contributed by atoms with Crippen molar-refractivity contribution in [1.29, 1.82) is 0 Å². The Labute approximate surface area is 117 Å². The molecule has 1 aromatic carbocycles. The van der Waals surface area contributed by atoms with Gasteiger partial charge in [-0.15, -0.1) is 0 Å². The molecule has 0 radical (unpaired) electrons. The van der Waals surface area contributed by atoms with Gasteiger partial charge in [-0.1, -0.05) is 18.5 Å². The second-order valence-corrected chi connectivity index (χ2v) is 4.93. The molecule has 0 aliphatic carbocycles. The van der Waals surface area contributed by atoms with E-state index in [0.717, 1.165) is 44.9 Å². The maximum absolute atomic E-state index is 6.51. The van der Waals surface area contributed by atoms with E-state index in [-0.39, 0.29) is 0 Å². The monoisotopic (exact) mass is 271 g/mol. The molecule has 0 spiro atoms. The summed E-state index contributed by atoms with van der Waals surface area (Å²) < 4.78 is 5.43. The van der Waals surface area contributed by atoms with Crippen molar-refractivity contribution >= 4 is 22.5 Å². The van der Waals surface area contributed by atoms with Crippen LogP contribution in [-0.2, 0) is 6.42 Å². The lowest BCUT2D eigenvalue weighted by atomic mass is 10.0. The molecule has 0 N–H and O–H groups in total. The summed E-state index contributed by atoms with van der Waals surface area (Å²) in [5.74, 6) is 0.844. The van der Waals surface area contributed by atoms with E-state index in [1.165, 1.54) is 0 Å². The SMILES string of the molecule is CCc1c(C)nc2ccc(-c3ccco3)cc2c1Cl. The Morgan fingerprint density at radius 3 is 2.79 bits per heavy atom. The molecule has 0 aliphatic rings. The first kappa shape index (κ1) is 12.2. The topological polar surface area (TPSA) is 26.0 Å². The molecule has 2 nitrogen and oxygen atoms in total. The van der Waals surface area contributed by atoms with Crippen molar-refractivity contribution in [2.45, 2.75) is 20.3 Å². The molecular formula is C16H14ClNO. The van der Waals surface area contributed by atoms with Crippen molar-refractivity contribution < 1.29 is 4.42 Å². The summed E-state index contributed by atoms with van der Waals surface area (Å²) >= 11 is 6.51. The van der Waals surface area contributed by atoms with Crippen LogP contribution in [0, 0.1) is 6.92 Å². The van der Waals surface area contributed by atoms with Crippen LogP contribution in [0.2, 0.25) is 5.02 Å². The van der Waals surface area contributed by atoms with Crippen molar-refractivity contribution in [3.63, 3.8) is 0 Å². The number of hydrogen-bond acceptors (Lipinski definition) is 2. The van der Waals surface area contributed by atoms with Gasteiger partial charge in [-0.2, -0.15) is 0 Å². The lowest BCUT2D eigenvalue weighted by Crippen LogP contribution is -1.94. The van der Waals surface area contributed by atoms with E-state index in [4.69, 9.17) is 16.0 Å². The summed E-state index contributed by atoms with van der Waals surface area (Å²) in [4.78, 5) is 4.61. The van der Waals surface area contributed by atoms with Crippen LogP contribution in [-0.4, -0.2) is 4.98 Å². The van der Waals surface area contributed by atoms with Gasteiger partial charge in [-0.3, -0.25) is 4.98 Å². The molecule has 96 valence electrons. The fraction of sp³-hybridized carbons (Fsp3) is 0.188. The molecule has 2 heterocycles. The second kappa shape index (κ2) is 4.71. The molecular weight excluding hydrogens is 258 g/mol. The zero-order chi connectivity index (χ0) is 13.4. The first-order valence-electron chi connectivity index (χ1n) is 6.33. The fourth-order valence-electron chi connectivity index (χ4n) is 2.39. The van der Waals surface area contributed by atoms with Gasteiger partial charge < -0.3 is 4.42 Å². The number of pyridine rings is 1. The normalized spacial score (nSPS) is 11.1. The highest BCUT2D eigenvalue weighted by Crippen LogP contribution is 2.32. The van der Waals surface area contributed by atoms with Crippen LogP contribution in [0.25, 0.3) is 22.2 Å². The number of halogens is 1. The molecule has 0 unspecified atom stereocenters. The van der Waals surface area contributed by atoms with E-state index >= 15 is 0 Å². The van der Waals surface area contributed by atoms with E-state index in [0.29, 0.717) is 0 Å². The molecule has 0 saturated heterocycles. The van der Waals surface area contributed by atoms with Gasteiger partial charge in [0.2, 0.25) is 0 Å². The Hall–Kier alpha value is -1.80. The molecule has 3 aromatic rings. The molecule has 19 heavy (non-hydrogen) atoms. The Morgan fingerprint density at radius 2 is 2.11 bits per heavy atom. The van der Waals surface area contributed by atoms with Crippen molar-refractivity contribution in [3.8, 4) is 11.3 Å². The van der Waals surface area contributed by atoms with E-state index in [2.05, 4.69) is 11.9 Å². The molecule has 0 aliphatic heterocycles. The summed E-state index contributed by atoms with van der Waals surface area (Å²) in [6.45, 7) is 4.10. The molecule has 0 fully saturated rings. The van der Waals surface area contributed by atoms with Gasteiger partial charge in [0.15, 0.2) is 0 Å². The van der Waals surface area contributed by atoms with Gasteiger partial charge in [0.1, 0.15) is 5.76 Å². The average molecular weight is 272 g/mol. The summed E-state index contributed by atoms with van der Waals surface area (Å²) in [5, 5.41) is 1.79. The minimum absolute atomic E-state index is 0.804. The maximum Gasteiger partial charge on any atom is 0.133 e. The van der Waals surface area contributed by atoms with Gasteiger partial charge in [-0.05, 0) is 49.2 Å². The molecule has 0 atom stereocenters. The number of aryl methyl sites for hydroxylation is 1. The number of nitrogens with zero attached hydrogens (tertiary/aromatic N) is 1. The first-order valence-corrected chi connectivity index (χ1v) is 6.71. The number of aromatic nitrogens is 1. The molecule has 0 bridgehead atoms. The van der Waals surface area contributed by atoms with E-state index < -0.39 is 0 Å². The molecule has 0 amide bonds. The van der Waals surface area contributed by atoms with Gasteiger partial charge in [0.05, 0.1) is 16.8 Å². The van der Waals surface area contributed by atoms with Crippen LogP contribution in [0.3, 0.4) is 0 Å². The van der Waals surface area contributed by atoms with Crippen LogP contribution >= 0.6 is 11.6 Å². The largest absolute Gasteiger partial charge is 0.464 e. The Morgan fingerprint density at radius 1 is 1.26 bits per heavy atom. The highest BCUT2D eigenvalue weighted by molar-refractivity contribution is 6.36. The fourth-order valence-corrected chi connectivity index (χ4v) is 2.81. The van der Waals surface area contributed by atoms with Crippen molar-refractivity contribution in [3.05, 3.63) is 52.9 Å². The van der Waals surface area contributed by atoms with Crippen LogP contribution in [0.15, 0.2) is 41.0 Å². The zero-order valence-corrected chi connectivity index (χ0v) is 11.7. The van der Waals surface area contributed by atoms with E-state index in [9.17, 15) is 0 Å². The Bertz CT molecular complexity index is 732. The molecule has 2 aromatic heterocycles. The maximum atomic E-state index is 6.51. The second-order valence-electron chi connectivity index (χ2n) is 4.55. The number of furan rings is 1. The number of fused-ring (bicyclic) bond motifs is 1. The summed E-state index contributed by atoms with van der Waals surface area (Å²) in [6.07, 6.45) is 2.56. The molecule has 0 saturated carbocycles. The summed E-state index contributed by atoms with van der Waals surface area (Å²) in [5.41, 5.74) is 4.07. The summed E-state index contributed by atoms with van der Waals surface area (Å²) in [6, 6.07) is 9.87. The number of benzene rings is 1. The quantitative estimate of drug-likeness (QED) is 0.654. The predicted octanol–water partition coefficient (Wildman–Crippen LogP) is 5.02. The summed E-state index contributed by atoms with van der Waals surface area (Å²) in [7, 11) is 0. The van der Waals surface area contributed by atoms with Gasteiger partial charge in [0, 0.05) is 16.6 Å². The van der Waals surface area contributed by atoms with Crippen LogP contribution in [0.5, 0.6) is 0 Å². The minimum atomic E-state index is 0.804. The van der Waals surface area contributed by atoms with Crippen LogP contribution < -0.4 is 0 Å². The number of hydrogen-bond donors (Lipinski definition) is 0. The van der Waals surface area contributed by atoms with Crippen molar-refractivity contribution in [1.82, 2.24) is 4.98 Å². The van der Waals surface area contributed by atoms with E-state index in [1.54, 1.807) is 6.26 Å². The van der Waals surface area contributed by atoms with Gasteiger partial charge in [0.25, 0.3) is 0 Å². The average Bonchev–Trinajstić information content (AvgIpc) is 2.93. The molecule has 3 heteroatoms. The first-order chi connectivity index (χ1) is 9.20. The Balaban J connectivity index is 2.28. The third-order valence-electron chi connectivity index (χ3n) is 3.38. The number of rotatable bonds is 2. The standard InChI is InChI=1S/C16H14ClNO/c1-3-12-10(2)18-14-7-6-11(9-13(14)16(12)17)15-5-4-8-19-15/h4-9H,3H2,1-2H3. The van der Waals surface area contributed by atoms with Gasteiger partial charge in [-0.25, -0.2) is 0 Å². The smallest absolute Gasteiger partial charge is 0.133 e. The van der Waals surface area contributed by atoms with Gasteiger partial charge >= 0.3 is 0 Å². The van der Waals surface area contributed by atoms with Crippen molar-refractivity contribution in [2.24, 2.45) is 0 Å². The predicted molar refractivity (Wildman–Crippen MR) is 78.6 cm³/mol. The lowest BCUT2D eigenvalue weighted by Gasteiger charge is -2.10. The van der Waals surface area contributed by atoms with E-state index in [1.807, 2.05) is 37.3 Å². The third kappa shape index (κ3) is 2.02. The Kier molecular flexibility index (Phi) is 3.03. The lowest BCUT2D eigenvalue weighted by molar-refractivity contribution is 0.582. The van der Waals surface area contributed by atoms with Crippen LogP contribution in [0.4, 0.5) is 0 Å².